The third-order valence-corrected chi connectivity index (χ3v) is 4.61. The molecule has 0 radical (unpaired) electrons. The molecule has 1 aromatic heterocycles. The van der Waals surface area contributed by atoms with E-state index in [0.717, 1.165) is 0 Å². The summed E-state index contributed by atoms with van der Waals surface area (Å²) in [6.07, 6.45) is 0.251. The van der Waals surface area contributed by atoms with Gasteiger partial charge in [0.05, 0.1) is 22.5 Å². The van der Waals surface area contributed by atoms with Crippen molar-refractivity contribution in [2.45, 2.75) is 6.42 Å². The number of nitrogen functional groups attached to an aromatic ring is 2. The highest BCUT2D eigenvalue weighted by Gasteiger charge is 2.14. The number of hydrogen-bond acceptors (Lipinski definition) is 4. The van der Waals surface area contributed by atoms with Gasteiger partial charge < -0.3 is 11.5 Å². The molecule has 0 saturated carbocycles. The summed E-state index contributed by atoms with van der Waals surface area (Å²) >= 11 is 0. The Hall–Kier alpha value is -3.67. The second kappa shape index (κ2) is 6.57. The minimum absolute atomic E-state index is 0.251. The predicted octanol–water partition coefficient (Wildman–Crippen LogP) is 3.48. The molecule has 0 aliphatic rings. The minimum atomic E-state index is -0.348. The van der Waals surface area contributed by atoms with Crippen LogP contribution in [0.25, 0.3) is 21.9 Å². The van der Waals surface area contributed by atoms with E-state index in [-0.39, 0.29) is 17.8 Å². The summed E-state index contributed by atoms with van der Waals surface area (Å²) in [4.78, 5) is 11.9. The van der Waals surface area contributed by atoms with Gasteiger partial charge in [-0.25, -0.2) is 9.49 Å². The SMILES string of the molecule is Nc1ccc(-c2cccc(Cc3n[nH]c(=O)c4ccccc34)c2F)cc1N. The highest BCUT2D eigenvalue weighted by Crippen LogP contribution is 2.30. The van der Waals surface area contributed by atoms with Crippen LogP contribution < -0.4 is 17.0 Å². The van der Waals surface area contributed by atoms with E-state index in [4.69, 9.17) is 11.5 Å². The van der Waals surface area contributed by atoms with Gasteiger partial charge in [0.25, 0.3) is 5.56 Å². The van der Waals surface area contributed by atoms with E-state index in [1.807, 2.05) is 12.1 Å². The summed E-state index contributed by atoms with van der Waals surface area (Å²) in [5, 5.41) is 7.86. The molecule has 0 fully saturated rings. The Balaban J connectivity index is 1.79. The molecule has 0 atom stereocenters. The van der Waals surface area contributed by atoms with Gasteiger partial charge in [-0.15, -0.1) is 0 Å². The van der Waals surface area contributed by atoms with Crippen LogP contribution in [0.15, 0.2) is 65.5 Å². The van der Waals surface area contributed by atoms with Crippen molar-refractivity contribution < 1.29 is 4.39 Å². The van der Waals surface area contributed by atoms with Crippen LogP contribution in [0.5, 0.6) is 0 Å². The number of nitrogens with two attached hydrogens (primary N) is 2. The van der Waals surface area contributed by atoms with Crippen molar-refractivity contribution >= 4 is 22.1 Å². The lowest BCUT2D eigenvalue weighted by molar-refractivity contribution is 0.616. The van der Waals surface area contributed by atoms with E-state index >= 15 is 4.39 Å². The Kier molecular flexibility index (Phi) is 4.08. The van der Waals surface area contributed by atoms with E-state index in [9.17, 15) is 4.79 Å². The Bertz CT molecular complexity index is 1220. The van der Waals surface area contributed by atoms with Gasteiger partial charge in [0.2, 0.25) is 0 Å². The van der Waals surface area contributed by atoms with Gasteiger partial charge in [0.15, 0.2) is 0 Å². The molecule has 3 aromatic carbocycles. The fourth-order valence-corrected chi connectivity index (χ4v) is 3.17. The molecule has 0 unspecified atom stereocenters. The largest absolute Gasteiger partial charge is 0.397 e. The summed E-state index contributed by atoms with van der Waals surface area (Å²) in [7, 11) is 0. The number of halogens is 1. The summed E-state index contributed by atoms with van der Waals surface area (Å²) in [5.74, 6) is -0.348. The highest BCUT2D eigenvalue weighted by atomic mass is 19.1. The lowest BCUT2D eigenvalue weighted by atomic mass is 9.98. The Morgan fingerprint density at radius 1 is 0.926 bits per heavy atom. The number of anilines is 2. The second-order valence-electron chi connectivity index (χ2n) is 6.34. The van der Waals surface area contributed by atoms with Crippen LogP contribution in [0.4, 0.5) is 15.8 Å². The number of aromatic nitrogens is 2. The van der Waals surface area contributed by atoms with Crippen molar-refractivity contribution in [3.05, 3.63) is 88.1 Å². The van der Waals surface area contributed by atoms with Gasteiger partial charge in [0, 0.05) is 17.4 Å². The van der Waals surface area contributed by atoms with E-state index < -0.39 is 0 Å². The van der Waals surface area contributed by atoms with Gasteiger partial charge in [-0.3, -0.25) is 4.79 Å². The first-order valence-electron chi connectivity index (χ1n) is 8.43. The maximum Gasteiger partial charge on any atom is 0.272 e. The van der Waals surface area contributed by atoms with Crippen molar-refractivity contribution in [3.63, 3.8) is 0 Å². The summed E-state index contributed by atoms with van der Waals surface area (Å²) in [6, 6.07) is 17.4. The van der Waals surface area contributed by atoms with Crippen molar-refractivity contribution in [3.8, 4) is 11.1 Å². The zero-order valence-corrected chi connectivity index (χ0v) is 14.4. The van der Waals surface area contributed by atoms with Crippen molar-refractivity contribution in [1.82, 2.24) is 10.2 Å². The highest BCUT2D eigenvalue weighted by molar-refractivity contribution is 5.83. The molecule has 4 rings (SSSR count). The van der Waals surface area contributed by atoms with Crippen LogP contribution in [-0.2, 0) is 6.42 Å². The topological polar surface area (TPSA) is 97.8 Å². The third kappa shape index (κ3) is 3.01. The molecular weight excluding hydrogens is 343 g/mol. The molecule has 1 heterocycles. The fraction of sp³-hybridized carbons (Fsp3) is 0.0476. The van der Waals surface area contributed by atoms with Crippen LogP contribution in [0, 0.1) is 5.82 Å². The van der Waals surface area contributed by atoms with Crippen LogP contribution in [0.1, 0.15) is 11.3 Å². The Morgan fingerprint density at radius 2 is 1.70 bits per heavy atom. The van der Waals surface area contributed by atoms with Crippen LogP contribution in [0.2, 0.25) is 0 Å². The number of H-pyrrole nitrogens is 1. The molecule has 5 N–H and O–H groups in total. The maximum atomic E-state index is 15.2. The number of rotatable bonds is 3. The summed E-state index contributed by atoms with van der Waals surface area (Å²) in [5.41, 5.74) is 14.4. The second-order valence-corrected chi connectivity index (χ2v) is 6.34. The monoisotopic (exact) mass is 360 g/mol. The lowest BCUT2D eigenvalue weighted by Crippen LogP contribution is -2.11. The zero-order valence-electron chi connectivity index (χ0n) is 14.4. The Labute approximate surface area is 154 Å². The van der Waals surface area contributed by atoms with Crippen molar-refractivity contribution in [2.24, 2.45) is 0 Å². The number of benzene rings is 3. The molecule has 27 heavy (non-hydrogen) atoms. The first-order valence-corrected chi connectivity index (χ1v) is 8.43. The zero-order chi connectivity index (χ0) is 19.0. The molecular formula is C21H17FN4O. The first-order chi connectivity index (χ1) is 13.0. The fourth-order valence-electron chi connectivity index (χ4n) is 3.17. The standard InChI is InChI=1S/C21H17FN4O/c22-20-13(4-3-7-14(20)12-8-9-17(23)18(24)10-12)11-19-15-5-1-2-6-16(15)21(27)26-25-19/h1-10H,11,23-24H2,(H,26,27). The van der Waals surface area contributed by atoms with Crippen LogP contribution in [0.3, 0.4) is 0 Å². The van der Waals surface area contributed by atoms with E-state index in [2.05, 4.69) is 10.2 Å². The molecule has 0 saturated heterocycles. The molecule has 0 spiro atoms. The van der Waals surface area contributed by atoms with E-state index in [1.165, 1.54) is 0 Å². The van der Waals surface area contributed by atoms with Gasteiger partial charge >= 0.3 is 0 Å². The van der Waals surface area contributed by atoms with Gasteiger partial charge in [0.1, 0.15) is 5.82 Å². The van der Waals surface area contributed by atoms with Crippen molar-refractivity contribution in [1.29, 1.82) is 0 Å². The summed E-state index contributed by atoms with van der Waals surface area (Å²) in [6.45, 7) is 0. The molecule has 4 aromatic rings. The average molecular weight is 360 g/mol. The molecule has 0 amide bonds. The van der Waals surface area contributed by atoms with Crippen LogP contribution >= 0.6 is 0 Å². The van der Waals surface area contributed by atoms with Crippen molar-refractivity contribution in [2.75, 3.05) is 11.5 Å². The molecule has 5 nitrogen and oxygen atoms in total. The number of nitrogens with one attached hydrogen (secondary N) is 1. The number of hydrogen-bond donors (Lipinski definition) is 3. The molecule has 134 valence electrons. The number of aromatic amines is 1. The summed E-state index contributed by atoms with van der Waals surface area (Å²) < 4.78 is 15.2. The van der Waals surface area contributed by atoms with E-state index in [1.54, 1.807) is 48.5 Å². The number of fused-ring (bicyclic) bond motifs is 1. The quantitative estimate of drug-likeness (QED) is 0.487. The van der Waals surface area contributed by atoms with Gasteiger partial charge in [-0.1, -0.05) is 42.5 Å². The minimum Gasteiger partial charge on any atom is -0.397 e. The predicted molar refractivity (Wildman–Crippen MR) is 106 cm³/mol. The Morgan fingerprint density at radius 3 is 2.48 bits per heavy atom. The van der Waals surface area contributed by atoms with Gasteiger partial charge in [-0.2, -0.15) is 5.10 Å². The normalized spacial score (nSPS) is 11.0. The molecule has 0 bridgehead atoms. The number of nitrogens with zero attached hydrogens (tertiary/aromatic N) is 1. The average Bonchev–Trinajstić information content (AvgIpc) is 2.68. The lowest BCUT2D eigenvalue weighted by Gasteiger charge is -2.11. The van der Waals surface area contributed by atoms with E-state index in [0.29, 0.717) is 44.5 Å². The molecule has 0 aliphatic carbocycles. The first kappa shape index (κ1) is 16.8. The molecule has 0 aliphatic heterocycles. The van der Waals surface area contributed by atoms with Gasteiger partial charge in [-0.05, 0) is 29.3 Å². The molecule has 6 heteroatoms. The third-order valence-electron chi connectivity index (χ3n) is 4.61. The van der Waals surface area contributed by atoms with Crippen LogP contribution in [-0.4, -0.2) is 10.2 Å². The smallest absolute Gasteiger partial charge is 0.272 e. The maximum absolute atomic E-state index is 15.2.